The van der Waals surface area contributed by atoms with Crippen LogP contribution in [-0.2, 0) is 4.79 Å². The Kier molecular flexibility index (Phi) is 5.65. The van der Waals surface area contributed by atoms with Gasteiger partial charge in [0.15, 0.2) is 0 Å². The lowest BCUT2D eigenvalue weighted by atomic mass is 10.1. The molecule has 0 saturated heterocycles. The first-order valence-corrected chi connectivity index (χ1v) is 11.9. The molecule has 5 aromatic heterocycles. The standard InChI is InChI=1S/C28H22FN7O/c1-2-5-25(37)32-17-12-16(14-30-15-17)21-8-9-23-27(34-21)28(36-35-23)24-13-19-22(33-24)10-11-31-26(19)18-6-3-4-7-20(18)29/h3-4,6-15,33H,2,5H2,1H3,(H,32,37)(H,35,36). The summed E-state index contributed by atoms with van der Waals surface area (Å²) < 4.78 is 14.5. The van der Waals surface area contributed by atoms with Gasteiger partial charge >= 0.3 is 0 Å². The molecule has 0 aliphatic carbocycles. The molecule has 0 radical (unpaired) electrons. The number of carbonyl (C=O) groups excluding carboxylic acids is 1. The maximum absolute atomic E-state index is 14.5. The third-order valence-electron chi connectivity index (χ3n) is 6.13. The van der Waals surface area contributed by atoms with E-state index in [0.717, 1.165) is 34.1 Å². The van der Waals surface area contributed by atoms with Crippen LogP contribution in [0.4, 0.5) is 10.1 Å². The summed E-state index contributed by atoms with van der Waals surface area (Å²) in [6.45, 7) is 1.96. The van der Waals surface area contributed by atoms with Crippen molar-refractivity contribution < 1.29 is 9.18 Å². The molecule has 0 aliphatic heterocycles. The third kappa shape index (κ3) is 4.20. The fourth-order valence-electron chi connectivity index (χ4n) is 4.40. The number of rotatable bonds is 6. The molecule has 0 spiro atoms. The van der Waals surface area contributed by atoms with Crippen molar-refractivity contribution in [2.45, 2.75) is 19.8 Å². The van der Waals surface area contributed by atoms with Crippen molar-refractivity contribution >= 4 is 33.5 Å². The Bertz CT molecular complexity index is 1770. The minimum absolute atomic E-state index is 0.0509. The Morgan fingerprint density at radius 2 is 1.92 bits per heavy atom. The van der Waals surface area contributed by atoms with E-state index in [0.29, 0.717) is 40.3 Å². The summed E-state index contributed by atoms with van der Waals surface area (Å²) in [4.78, 5) is 29.0. The van der Waals surface area contributed by atoms with Crippen LogP contribution in [0.2, 0.25) is 0 Å². The fourth-order valence-corrected chi connectivity index (χ4v) is 4.40. The number of carbonyl (C=O) groups is 1. The molecule has 0 bridgehead atoms. The van der Waals surface area contributed by atoms with Crippen LogP contribution < -0.4 is 5.32 Å². The number of fused-ring (bicyclic) bond motifs is 2. The van der Waals surface area contributed by atoms with Gasteiger partial charge in [-0.15, -0.1) is 0 Å². The van der Waals surface area contributed by atoms with E-state index in [1.807, 2.05) is 37.3 Å². The van der Waals surface area contributed by atoms with Crippen molar-refractivity contribution in [3.63, 3.8) is 0 Å². The topological polar surface area (TPSA) is 112 Å². The van der Waals surface area contributed by atoms with Crippen LogP contribution in [0.1, 0.15) is 19.8 Å². The monoisotopic (exact) mass is 491 g/mol. The van der Waals surface area contributed by atoms with E-state index in [4.69, 9.17) is 4.98 Å². The summed E-state index contributed by atoms with van der Waals surface area (Å²) in [7, 11) is 0. The summed E-state index contributed by atoms with van der Waals surface area (Å²) in [6.07, 6.45) is 6.20. The molecule has 5 heterocycles. The predicted molar refractivity (Wildman–Crippen MR) is 141 cm³/mol. The average Bonchev–Trinajstić information content (AvgIpc) is 3.53. The fraction of sp³-hybridized carbons (Fsp3) is 0.107. The minimum atomic E-state index is -0.330. The summed E-state index contributed by atoms with van der Waals surface area (Å²) in [5.41, 5.74) is 6.69. The molecule has 37 heavy (non-hydrogen) atoms. The largest absolute Gasteiger partial charge is 0.353 e. The van der Waals surface area contributed by atoms with Crippen LogP contribution in [0, 0.1) is 5.82 Å². The van der Waals surface area contributed by atoms with Crippen molar-refractivity contribution in [2.75, 3.05) is 5.32 Å². The molecular formula is C28H22FN7O. The summed E-state index contributed by atoms with van der Waals surface area (Å²) in [5.74, 6) is -0.381. The van der Waals surface area contributed by atoms with Crippen molar-refractivity contribution in [3.05, 3.63) is 79.0 Å². The van der Waals surface area contributed by atoms with E-state index in [-0.39, 0.29) is 11.7 Å². The van der Waals surface area contributed by atoms with E-state index < -0.39 is 0 Å². The first-order chi connectivity index (χ1) is 18.1. The lowest BCUT2D eigenvalue weighted by Gasteiger charge is -2.06. The third-order valence-corrected chi connectivity index (χ3v) is 6.13. The van der Waals surface area contributed by atoms with Crippen LogP contribution in [0.3, 0.4) is 0 Å². The Hall–Kier alpha value is -4.92. The van der Waals surface area contributed by atoms with E-state index in [2.05, 4.69) is 30.5 Å². The number of hydrogen-bond donors (Lipinski definition) is 3. The van der Waals surface area contributed by atoms with E-state index in [9.17, 15) is 9.18 Å². The van der Waals surface area contributed by atoms with Crippen LogP contribution in [0.15, 0.2) is 73.2 Å². The quantitative estimate of drug-likeness (QED) is 0.260. The van der Waals surface area contributed by atoms with Gasteiger partial charge in [0.05, 0.1) is 34.5 Å². The molecule has 0 unspecified atom stereocenters. The van der Waals surface area contributed by atoms with Crippen LogP contribution in [0.5, 0.6) is 0 Å². The molecule has 0 aliphatic rings. The van der Waals surface area contributed by atoms with Crippen molar-refractivity contribution in [2.24, 2.45) is 0 Å². The highest BCUT2D eigenvalue weighted by atomic mass is 19.1. The molecule has 1 aromatic carbocycles. The van der Waals surface area contributed by atoms with Crippen molar-refractivity contribution in [3.8, 4) is 33.9 Å². The summed E-state index contributed by atoms with van der Waals surface area (Å²) >= 11 is 0. The number of hydrogen-bond acceptors (Lipinski definition) is 5. The van der Waals surface area contributed by atoms with Gasteiger partial charge in [0.1, 0.15) is 17.0 Å². The second-order valence-electron chi connectivity index (χ2n) is 8.71. The van der Waals surface area contributed by atoms with E-state index in [1.54, 1.807) is 36.8 Å². The molecule has 6 rings (SSSR count). The Balaban J connectivity index is 1.41. The second-order valence-corrected chi connectivity index (χ2v) is 8.71. The van der Waals surface area contributed by atoms with Crippen LogP contribution in [0.25, 0.3) is 55.8 Å². The predicted octanol–water partition coefficient (Wildman–Crippen LogP) is 6.11. The van der Waals surface area contributed by atoms with Crippen LogP contribution >= 0.6 is 0 Å². The Labute approximate surface area is 211 Å². The molecule has 182 valence electrons. The number of aromatic amines is 2. The molecule has 0 saturated carbocycles. The molecule has 0 fully saturated rings. The molecule has 0 atom stereocenters. The first kappa shape index (κ1) is 22.5. The van der Waals surface area contributed by atoms with Gasteiger partial charge in [-0.3, -0.25) is 19.9 Å². The first-order valence-electron chi connectivity index (χ1n) is 11.9. The van der Waals surface area contributed by atoms with Gasteiger partial charge in [-0.25, -0.2) is 9.37 Å². The maximum Gasteiger partial charge on any atom is 0.224 e. The van der Waals surface area contributed by atoms with Gasteiger partial charge < -0.3 is 10.3 Å². The maximum atomic E-state index is 14.5. The second kappa shape index (κ2) is 9.27. The van der Waals surface area contributed by atoms with E-state index in [1.165, 1.54) is 6.07 Å². The number of benzene rings is 1. The zero-order chi connectivity index (χ0) is 25.4. The number of amides is 1. The number of halogens is 1. The average molecular weight is 492 g/mol. The highest BCUT2D eigenvalue weighted by Crippen LogP contribution is 2.34. The Morgan fingerprint density at radius 1 is 1.03 bits per heavy atom. The minimum Gasteiger partial charge on any atom is -0.353 e. The zero-order valence-electron chi connectivity index (χ0n) is 19.9. The normalized spacial score (nSPS) is 11.3. The number of aromatic nitrogens is 6. The number of anilines is 1. The van der Waals surface area contributed by atoms with Gasteiger partial charge in [0, 0.05) is 40.8 Å². The molecule has 3 N–H and O–H groups in total. The van der Waals surface area contributed by atoms with E-state index >= 15 is 0 Å². The van der Waals surface area contributed by atoms with Gasteiger partial charge in [0.25, 0.3) is 0 Å². The molecule has 1 amide bonds. The van der Waals surface area contributed by atoms with Crippen molar-refractivity contribution in [1.29, 1.82) is 0 Å². The summed E-state index contributed by atoms with van der Waals surface area (Å²) in [5, 5.41) is 11.2. The SMILES string of the molecule is CCCC(=O)Nc1cncc(-c2ccc3[nH]nc(-c4cc5c(-c6ccccc6F)nccc5[nH]4)c3n2)c1. The smallest absolute Gasteiger partial charge is 0.224 e. The van der Waals surface area contributed by atoms with Gasteiger partial charge in [0.2, 0.25) is 5.91 Å². The number of H-pyrrole nitrogens is 2. The van der Waals surface area contributed by atoms with Gasteiger partial charge in [-0.2, -0.15) is 5.10 Å². The number of nitrogens with one attached hydrogen (secondary N) is 3. The zero-order valence-corrected chi connectivity index (χ0v) is 19.9. The van der Waals surface area contributed by atoms with Gasteiger partial charge in [-0.1, -0.05) is 19.1 Å². The lowest BCUT2D eigenvalue weighted by molar-refractivity contribution is -0.116. The molecule has 8 nitrogen and oxygen atoms in total. The number of pyridine rings is 3. The molecule has 9 heteroatoms. The van der Waals surface area contributed by atoms with Crippen molar-refractivity contribution in [1.82, 2.24) is 30.1 Å². The Morgan fingerprint density at radius 3 is 2.78 bits per heavy atom. The van der Waals surface area contributed by atoms with Gasteiger partial charge in [-0.05, 0) is 48.9 Å². The lowest BCUT2D eigenvalue weighted by Crippen LogP contribution is -2.10. The highest BCUT2D eigenvalue weighted by Gasteiger charge is 2.17. The number of nitrogens with zero attached hydrogens (tertiary/aromatic N) is 4. The molecular weight excluding hydrogens is 469 g/mol. The molecule has 6 aromatic rings. The van der Waals surface area contributed by atoms with Crippen LogP contribution in [-0.4, -0.2) is 36.0 Å². The summed E-state index contributed by atoms with van der Waals surface area (Å²) in [6, 6.07) is 16.0. The highest BCUT2D eigenvalue weighted by molar-refractivity contribution is 5.99.